The molecule has 0 saturated carbocycles. The topological polar surface area (TPSA) is 58.6 Å². The molecule has 21 heavy (non-hydrogen) atoms. The van der Waals surface area contributed by atoms with Crippen LogP contribution in [0.1, 0.15) is 12.5 Å². The van der Waals surface area contributed by atoms with Gasteiger partial charge in [0.15, 0.2) is 5.54 Å². The largest absolute Gasteiger partial charge is 0.497 e. The van der Waals surface area contributed by atoms with Crippen LogP contribution in [0.15, 0.2) is 48.5 Å². The minimum Gasteiger partial charge on any atom is -0.497 e. The monoisotopic (exact) mass is 289 g/mol. The van der Waals surface area contributed by atoms with Crippen molar-refractivity contribution in [2.24, 2.45) is 0 Å². The summed E-state index contributed by atoms with van der Waals surface area (Å²) in [5.41, 5.74) is -0.496. The highest BCUT2D eigenvalue weighted by atomic mass is 19.1. The van der Waals surface area contributed by atoms with E-state index in [0.717, 1.165) is 0 Å². The van der Waals surface area contributed by atoms with E-state index < -0.39 is 17.3 Å². The molecule has 2 aromatic carbocycles. The maximum atomic E-state index is 13.3. The maximum Gasteiger partial charge on any atom is 0.333 e. The van der Waals surface area contributed by atoms with Crippen molar-refractivity contribution < 1.29 is 19.0 Å². The van der Waals surface area contributed by atoms with Crippen molar-refractivity contribution >= 4 is 11.7 Å². The Kier molecular flexibility index (Phi) is 4.12. The average Bonchev–Trinajstić information content (AvgIpc) is 2.47. The van der Waals surface area contributed by atoms with Gasteiger partial charge in [-0.1, -0.05) is 18.2 Å². The molecule has 0 amide bonds. The van der Waals surface area contributed by atoms with Gasteiger partial charge in [0.2, 0.25) is 0 Å². The standard InChI is InChI=1S/C16H16FNO3/c1-16(15(19)20,11-5-3-8-14(9-11)21-2)18-13-7-4-6-12(17)10-13/h3-10,18H,1-2H3,(H,19,20). The van der Waals surface area contributed by atoms with Gasteiger partial charge in [0.05, 0.1) is 7.11 Å². The van der Waals surface area contributed by atoms with Crippen LogP contribution in [0.4, 0.5) is 10.1 Å². The van der Waals surface area contributed by atoms with Crippen molar-refractivity contribution in [1.29, 1.82) is 0 Å². The van der Waals surface area contributed by atoms with E-state index in [9.17, 15) is 14.3 Å². The zero-order valence-electron chi connectivity index (χ0n) is 11.8. The summed E-state index contributed by atoms with van der Waals surface area (Å²) in [7, 11) is 1.51. The van der Waals surface area contributed by atoms with Crippen LogP contribution in [0, 0.1) is 5.82 Å². The summed E-state index contributed by atoms with van der Waals surface area (Å²) < 4.78 is 18.4. The number of methoxy groups -OCH3 is 1. The smallest absolute Gasteiger partial charge is 0.333 e. The van der Waals surface area contributed by atoms with Crippen molar-refractivity contribution in [3.63, 3.8) is 0 Å². The molecule has 5 heteroatoms. The van der Waals surface area contributed by atoms with E-state index in [1.807, 2.05) is 0 Å². The Balaban J connectivity index is 2.42. The van der Waals surface area contributed by atoms with Crippen LogP contribution >= 0.6 is 0 Å². The summed E-state index contributed by atoms with van der Waals surface area (Å²) in [4.78, 5) is 11.7. The van der Waals surface area contributed by atoms with E-state index in [1.54, 1.807) is 30.3 Å². The molecule has 0 spiro atoms. The van der Waals surface area contributed by atoms with E-state index >= 15 is 0 Å². The number of hydrogen-bond acceptors (Lipinski definition) is 3. The molecule has 1 unspecified atom stereocenters. The first-order valence-electron chi connectivity index (χ1n) is 6.37. The second kappa shape index (κ2) is 5.83. The fraction of sp³-hybridized carbons (Fsp3) is 0.188. The quantitative estimate of drug-likeness (QED) is 0.887. The van der Waals surface area contributed by atoms with Gasteiger partial charge in [0.1, 0.15) is 11.6 Å². The lowest BCUT2D eigenvalue weighted by Gasteiger charge is -2.28. The zero-order chi connectivity index (χ0) is 15.5. The Hall–Kier alpha value is -2.56. The molecule has 0 saturated heterocycles. The Morgan fingerprint density at radius 2 is 1.95 bits per heavy atom. The first-order valence-corrected chi connectivity index (χ1v) is 6.37. The molecule has 0 radical (unpaired) electrons. The number of nitrogens with one attached hydrogen (secondary N) is 1. The van der Waals surface area contributed by atoms with Gasteiger partial charge >= 0.3 is 5.97 Å². The molecule has 0 heterocycles. The van der Waals surface area contributed by atoms with Crippen molar-refractivity contribution in [1.82, 2.24) is 0 Å². The molecule has 0 aliphatic heterocycles. The molecule has 0 fully saturated rings. The summed E-state index contributed by atoms with van der Waals surface area (Å²) in [6, 6.07) is 12.5. The van der Waals surface area contributed by atoms with Crippen LogP contribution in [0.3, 0.4) is 0 Å². The SMILES string of the molecule is COc1cccc(C(C)(Nc2cccc(F)c2)C(=O)O)c1. The predicted octanol–water partition coefficient (Wildman–Crippen LogP) is 3.25. The molecule has 0 aliphatic carbocycles. The molecule has 0 bridgehead atoms. The Morgan fingerprint density at radius 3 is 2.57 bits per heavy atom. The fourth-order valence-corrected chi connectivity index (χ4v) is 2.04. The van der Waals surface area contributed by atoms with Crippen molar-refractivity contribution in [2.45, 2.75) is 12.5 Å². The molecule has 4 nitrogen and oxygen atoms in total. The van der Waals surface area contributed by atoms with Gasteiger partial charge in [0.25, 0.3) is 0 Å². The van der Waals surface area contributed by atoms with Crippen LogP contribution in [0.5, 0.6) is 5.75 Å². The lowest BCUT2D eigenvalue weighted by atomic mass is 9.91. The molecule has 2 rings (SSSR count). The van der Waals surface area contributed by atoms with Crippen LogP contribution in [0.2, 0.25) is 0 Å². The molecular formula is C16H16FNO3. The number of aliphatic carboxylic acids is 1. The Labute approximate surface area is 122 Å². The molecule has 0 aliphatic rings. The van der Waals surface area contributed by atoms with Crippen LogP contribution < -0.4 is 10.1 Å². The lowest BCUT2D eigenvalue weighted by Crippen LogP contribution is -2.40. The van der Waals surface area contributed by atoms with Gasteiger partial charge in [-0.15, -0.1) is 0 Å². The van der Waals surface area contributed by atoms with Gasteiger partial charge in [-0.25, -0.2) is 9.18 Å². The first-order chi connectivity index (χ1) is 9.95. The van der Waals surface area contributed by atoms with E-state index in [4.69, 9.17) is 4.74 Å². The number of ether oxygens (including phenoxy) is 1. The van der Waals surface area contributed by atoms with E-state index in [1.165, 1.54) is 32.2 Å². The molecule has 0 aromatic heterocycles. The number of rotatable bonds is 5. The van der Waals surface area contributed by atoms with Crippen molar-refractivity contribution in [3.05, 3.63) is 59.9 Å². The van der Waals surface area contributed by atoms with Gasteiger partial charge in [-0.2, -0.15) is 0 Å². The van der Waals surface area contributed by atoms with E-state index in [0.29, 0.717) is 17.0 Å². The predicted molar refractivity (Wildman–Crippen MR) is 78.0 cm³/mol. The summed E-state index contributed by atoms with van der Waals surface area (Å²) in [5, 5.41) is 12.5. The highest BCUT2D eigenvalue weighted by Gasteiger charge is 2.35. The number of benzene rings is 2. The van der Waals surface area contributed by atoms with E-state index in [-0.39, 0.29) is 0 Å². The van der Waals surface area contributed by atoms with Crippen LogP contribution in [-0.4, -0.2) is 18.2 Å². The number of hydrogen-bond donors (Lipinski definition) is 2. The normalized spacial score (nSPS) is 13.3. The number of carbonyl (C=O) groups is 1. The summed E-state index contributed by atoms with van der Waals surface area (Å²) in [6.45, 7) is 1.52. The third kappa shape index (κ3) is 3.13. The van der Waals surface area contributed by atoms with Gasteiger partial charge < -0.3 is 15.2 Å². The average molecular weight is 289 g/mol. The van der Waals surface area contributed by atoms with Crippen LogP contribution in [-0.2, 0) is 10.3 Å². The van der Waals surface area contributed by atoms with Gasteiger partial charge in [0, 0.05) is 5.69 Å². The Morgan fingerprint density at radius 1 is 1.24 bits per heavy atom. The zero-order valence-corrected chi connectivity index (χ0v) is 11.8. The molecule has 110 valence electrons. The number of anilines is 1. The van der Waals surface area contributed by atoms with Crippen LogP contribution in [0.25, 0.3) is 0 Å². The third-order valence-electron chi connectivity index (χ3n) is 3.29. The highest BCUT2D eigenvalue weighted by Crippen LogP contribution is 2.29. The molecule has 2 aromatic rings. The first kappa shape index (κ1) is 14.8. The number of carboxylic acids is 1. The van der Waals surface area contributed by atoms with Gasteiger partial charge in [-0.3, -0.25) is 0 Å². The summed E-state index contributed by atoms with van der Waals surface area (Å²) >= 11 is 0. The number of carboxylic acid groups (broad SMARTS) is 1. The van der Waals surface area contributed by atoms with E-state index in [2.05, 4.69) is 5.32 Å². The molecular weight excluding hydrogens is 273 g/mol. The maximum absolute atomic E-state index is 13.3. The number of halogens is 1. The minimum absolute atomic E-state index is 0.391. The second-order valence-corrected chi connectivity index (χ2v) is 4.80. The summed E-state index contributed by atoms with van der Waals surface area (Å²) in [6.07, 6.45) is 0. The molecule has 1 atom stereocenters. The molecule has 2 N–H and O–H groups in total. The summed E-state index contributed by atoms with van der Waals surface area (Å²) in [5.74, 6) is -0.945. The Bertz CT molecular complexity index is 659. The second-order valence-electron chi connectivity index (χ2n) is 4.80. The van der Waals surface area contributed by atoms with Crippen molar-refractivity contribution in [3.8, 4) is 5.75 Å². The lowest BCUT2D eigenvalue weighted by molar-refractivity contribution is -0.142. The fourth-order valence-electron chi connectivity index (χ4n) is 2.04. The highest BCUT2D eigenvalue weighted by molar-refractivity contribution is 5.84. The third-order valence-corrected chi connectivity index (χ3v) is 3.29. The minimum atomic E-state index is -1.40. The van der Waals surface area contributed by atoms with Crippen molar-refractivity contribution in [2.75, 3.05) is 12.4 Å². The van der Waals surface area contributed by atoms with Gasteiger partial charge in [-0.05, 0) is 42.8 Å².